The molecular weight excluding hydrogens is 360 g/mol. The van der Waals surface area contributed by atoms with Gasteiger partial charge in [0.25, 0.3) is 0 Å². The maximum absolute atomic E-state index is 6.65. The highest BCUT2D eigenvalue weighted by Crippen LogP contribution is 2.45. The predicted molar refractivity (Wildman–Crippen MR) is 120 cm³/mol. The van der Waals surface area contributed by atoms with Crippen LogP contribution in [-0.2, 0) is 9.47 Å². The average molecular weight is 403 g/mol. The third-order valence-electron chi connectivity index (χ3n) is 7.55. The highest BCUT2D eigenvalue weighted by molar-refractivity contribution is 5.99. The summed E-state index contributed by atoms with van der Waals surface area (Å²) >= 11 is 0. The lowest BCUT2D eigenvalue weighted by Crippen LogP contribution is -2.43. The molecule has 29 heavy (non-hydrogen) atoms. The van der Waals surface area contributed by atoms with Gasteiger partial charge in [-0.25, -0.2) is 9.98 Å². The van der Waals surface area contributed by atoms with Crippen LogP contribution >= 0.6 is 0 Å². The molecule has 2 aliphatic carbocycles. The van der Waals surface area contributed by atoms with Gasteiger partial charge in [0, 0.05) is 0 Å². The summed E-state index contributed by atoms with van der Waals surface area (Å²) in [5.41, 5.74) is -0.0895. The van der Waals surface area contributed by atoms with Gasteiger partial charge in [-0.1, -0.05) is 40.5 Å². The second-order valence-corrected chi connectivity index (χ2v) is 11.0. The summed E-state index contributed by atoms with van der Waals surface area (Å²) in [7, 11) is 0. The molecule has 2 fully saturated rings. The minimum Gasteiger partial charge on any atom is -0.472 e. The number of hydrogen-bond donors (Lipinski definition) is 0. The van der Waals surface area contributed by atoms with Crippen LogP contribution in [0.25, 0.3) is 0 Å². The Labute approximate surface area is 177 Å². The van der Waals surface area contributed by atoms with Gasteiger partial charge in [0.1, 0.15) is 11.2 Å². The van der Waals surface area contributed by atoms with Crippen molar-refractivity contribution in [2.75, 3.05) is 0 Å². The second-order valence-electron chi connectivity index (χ2n) is 11.0. The molecule has 2 spiro atoms. The molecule has 0 amide bonds. The van der Waals surface area contributed by atoms with Crippen molar-refractivity contribution in [2.45, 2.75) is 134 Å². The quantitative estimate of drug-likeness (QED) is 0.511. The Bertz CT molecular complexity index is 571. The van der Waals surface area contributed by atoms with Crippen molar-refractivity contribution in [1.82, 2.24) is 0 Å². The molecule has 0 aromatic carbocycles. The second kappa shape index (κ2) is 8.59. The summed E-state index contributed by atoms with van der Waals surface area (Å²) in [4.78, 5) is 10.2. The molecule has 0 unspecified atom stereocenters. The molecule has 4 aliphatic rings. The fourth-order valence-electron chi connectivity index (χ4n) is 6.13. The van der Waals surface area contributed by atoms with Crippen molar-refractivity contribution in [3.8, 4) is 0 Å². The van der Waals surface area contributed by atoms with Crippen molar-refractivity contribution in [2.24, 2.45) is 21.8 Å². The molecule has 2 saturated carbocycles. The average Bonchev–Trinajstić information content (AvgIpc) is 3.13. The van der Waals surface area contributed by atoms with Crippen LogP contribution in [0.3, 0.4) is 0 Å². The molecule has 0 aromatic heterocycles. The van der Waals surface area contributed by atoms with Crippen molar-refractivity contribution < 1.29 is 9.47 Å². The molecule has 4 heteroatoms. The third kappa shape index (κ3) is 4.51. The summed E-state index contributed by atoms with van der Waals surface area (Å²) in [5.74, 6) is 3.08. The normalized spacial score (nSPS) is 30.6. The fourth-order valence-corrected chi connectivity index (χ4v) is 6.13. The summed E-state index contributed by atoms with van der Waals surface area (Å²) in [5, 5.41) is 0. The Morgan fingerprint density at radius 1 is 0.690 bits per heavy atom. The Hall–Kier alpha value is -1.06. The highest BCUT2D eigenvalue weighted by atomic mass is 16.5. The maximum Gasteiger partial charge on any atom is 0.193 e. The van der Waals surface area contributed by atoms with E-state index in [1.807, 2.05) is 0 Å². The van der Waals surface area contributed by atoms with Crippen LogP contribution in [0, 0.1) is 11.8 Å². The number of hydrogen-bond acceptors (Lipinski definition) is 4. The van der Waals surface area contributed by atoms with E-state index in [9.17, 15) is 0 Å². The van der Waals surface area contributed by atoms with E-state index in [0.29, 0.717) is 30.3 Å². The Balaban J connectivity index is 1.49. The van der Waals surface area contributed by atoms with E-state index in [2.05, 4.69) is 27.7 Å². The zero-order chi connectivity index (χ0) is 20.5. The first-order valence-corrected chi connectivity index (χ1v) is 12.4. The Morgan fingerprint density at radius 2 is 1.07 bits per heavy atom. The van der Waals surface area contributed by atoms with Gasteiger partial charge < -0.3 is 9.47 Å². The van der Waals surface area contributed by atoms with Crippen LogP contribution in [0.4, 0.5) is 0 Å². The third-order valence-corrected chi connectivity index (χ3v) is 7.55. The molecule has 0 saturated heterocycles. The molecule has 2 heterocycles. The van der Waals surface area contributed by atoms with Gasteiger partial charge in [-0.2, -0.15) is 0 Å². The lowest BCUT2D eigenvalue weighted by atomic mass is 9.77. The summed E-state index contributed by atoms with van der Waals surface area (Å²) in [6, 6.07) is 0.629. The number of ether oxygens (including phenoxy) is 2. The van der Waals surface area contributed by atoms with E-state index in [4.69, 9.17) is 19.5 Å². The smallest absolute Gasteiger partial charge is 0.193 e. The topological polar surface area (TPSA) is 43.2 Å². The Morgan fingerprint density at radius 3 is 1.41 bits per heavy atom. The van der Waals surface area contributed by atoms with E-state index in [1.165, 1.54) is 38.5 Å². The fraction of sp³-hybridized carbons (Fsp3) is 0.920. The van der Waals surface area contributed by atoms with Gasteiger partial charge in [-0.05, 0) is 76.0 Å². The van der Waals surface area contributed by atoms with Gasteiger partial charge in [0.2, 0.25) is 0 Å². The van der Waals surface area contributed by atoms with Crippen LogP contribution in [0.15, 0.2) is 9.98 Å². The largest absolute Gasteiger partial charge is 0.472 e. The number of nitrogens with zero attached hydrogens (tertiary/aromatic N) is 2. The van der Waals surface area contributed by atoms with E-state index in [-0.39, 0.29) is 11.2 Å². The van der Waals surface area contributed by atoms with E-state index >= 15 is 0 Å². The monoisotopic (exact) mass is 402 g/mol. The molecule has 0 N–H and O–H groups in total. The molecule has 0 aromatic rings. The SMILES string of the molecule is CC(C)C[C@@H]1N=C(CC2=N[C@@H](CC(C)C)C3(CCCCC3)O2)OC12CCCCC2. The Kier molecular flexibility index (Phi) is 6.27. The summed E-state index contributed by atoms with van der Waals surface area (Å²) in [6.07, 6.45) is 15.3. The standard InChI is InChI=1S/C25H42N2O2/c1-18(2)15-20-24(11-7-5-8-12-24)28-22(26-20)17-23-27-21(16-19(3)4)25(29-23)13-9-6-10-14-25/h18-21H,5-17H2,1-4H3/t20-,21-/m0/s1. The highest BCUT2D eigenvalue weighted by Gasteiger charge is 2.50. The van der Waals surface area contributed by atoms with Crippen LogP contribution in [0.5, 0.6) is 0 Å². The molecule has 4 nitrogen and oxygen atoms in total. The van der Waals surface area contributed by atoms with Crippen LogP contribution < -0.4 is 0 Å². The van der Waals surface area contributed by atoms with E-state index in [0.717, 1.165) is 50.3 Å². The predicted octanol–water partition coefficient (Wildman–Crippen LogP) is 6.47. The van der Waals surface area contributed by atoms with Crippen molar-refractivity contribution in [1.29, 1.82) is 0 Å². The first-order chi connectivity index (χ1) is 13.9. The lowest BCUT2D eigenvalue weighted by Gasteiger charge is -2.38. The number of aliphatic imine (C=N–C) groups is 2. The molecule has 0 radical (unpaired) electrons. The first kappa shape index (κ1) is 21.2. The van der Waals surface area contributed by atoms with E-state index in [1.54, 1.807) is 0 Å². The number of rotatable bonds is 6. The minimum absolute atomic E-state index is 0.0448. The van der Waals surface area contributed by atoms with Gasteiger partial charge in [-0.15, -0.1) is 0 Å². The van der Waals surface area contributed by atoms with Crippen LogP contribution in [-0.4, -0.2) is 35.1 Å². The molecule has 2 aliphatic heterocycles. The van der Waals surface area contributed by atoms with Gasteiger partial charge in [-0.3, -0.25) is 0 Å². The van der Waals surface area contributed by atoms with Crippen molar-refractivity contribution >= 4 is 11.8 Å². The summed E-state index contributed by atoms with van der Waals surface area (Å²) in [6.45, 7) is 9.21. The molecular formula is C25H42N2O2. The molecule has 4 rings (SSSR count). The first-order valence-electron chi connectivity index (χ1n) is 12.4. The molecule has 0 bridgehead atoms. The van der Waals surface area contributed by atoms with E-state index < -0.39 is 0 Å². The minimum atomic E-state index is -0.0448. The van der Waals surface area contributed by atoms with Gasteiger partial charge in [0.05, 0.1) is 18.5 Å². The van der Waals surface area contributed by atoms with Gasteiger partial charge in [0.15, 0.2) is 11.8 Å². The molecule has 164 valence electrons. The maximum atomic E-state index is 6.65. The summed E-state index contributed by atoms with van der Waals surface area (Å²) < 4.78 is 13.3. The zero-order valence-electron chi connectivity index (χ0n) is 19.2. The molecule has 2 atom stereocenters. The van der Waals surface area contributed by atoms with Crippen molar-refractivity contribution in [3.63, 3.8) is 0 Å². The van der Waals surface area contributed by atoms with Crippen LogP contribution in [0.2, 0.25) is 0 Å². The van der Waals surface area contributed by atoms with Crippen molar-refractivity contribution in [3.05, 3.63) is 0 Å². The lowest BCUT2D eigenvalue weighted by molar-refractivity contribution is 0.00618. The zero-order valence-corrected chi connectivity index (χ0v) is 19.2. The van der Waals surface area contributed by atoms with Gasteiger partial charge >= 0.3 is 0 Å². The van der Waals surface area contributed by atoms with Crippen LogP contribution in [0.1, 0.15) is 111 Å².